The fourth-order valence-electron chi connectivity index (χ4n) is 23.7. The molecule has 0 N–H and O–H groups in total. The van der Waals surface area contributed by atoms with Crippen molar-refractivity contribution in [3.8, 4) is 66.8 Å². The summed E-state index contributed by atoms with van der Waals surface area (Å²) in [5, 5.41) is 6.93. The van der Waals surface area contributed by atoms with E-state index in [1.807, 2.05) is 0 Å². The summed E-state index contributed by atoms with van der Waals surface area (Å²) in [7, 11) is 0. The summed E-state index contributed by atoms with van der Waals surface area (Å²) in [6.07, 6.45) is 0. The van der Waals surface area contributed by atoms with Crippen LogP contribution in [0.5, 0.6) is 0 Å². The van der Waals surface area contributed by atoms with Crippen LogP contribution >= 0.6 is 0 Å². The number of fused-ring (bicyclic) bond motifs is 34. The second-order valence-electron chi connectivity index (χ2n) is 35.1. The van der Waals surface area contributed by atoms with Crippen LogP contribution in [0.15, 0.2) is 335 Å². The van der Waals surface area contributed by atoms with Gasteiger partial charge in [-0.3, -0.25) is 0 Å². The van der Waals surface area contributed by atoms with Crippen LogP contribution in [0.3, 0.4) is 0 Å². The van der Waals surface area contributed by atoms with Gasteiger partial charge in [0, 0.05) is 82.2 Å². The Morgan fingerprint density at radius 2 is 0.544 bits per heavy atom. The third-order valence-electron chi connectivity index (χ3n) is 28.3. The highest BCUT2D eigenvalue weighted by atomic mass is 16.3. The van der Waals surface area contributed by atoms with Crippen molar-refractivity contribution in [1.82, 2.24) is 0 Å². The molecule has 0 unspecified atom stereocenters. The molecule has 3 heterocycles. The number of nitrogens with zero attached hydrogens (tertiary/aromatic N) is 1. The maximum absolute atomic E-state index is 7.24. The quantitative estimate of drug-likeness (QED) is 0.159. The van der Waals surface area contributed by atoms with Crippen molar-refractivity contribution in [1.29, 1.82) is 0 Å². The van der Waals surface area contributed by atoms with Crippen LogP contribution in [-0.4, -0.2) is 0 Å². The van der Waals surface area contributed by atoms with Gasteiger partial charge in [-0.05, 0) is 217 Å². The summed E-state index contributed by atoms with van der Waals surface area (Å²) in [5.41, 5.74) is 41.0. The van der Waals surface area contributed by atoms with Crippen LogP contribution in [-0.2, 0) is 32.5 Å². The van der Waals surface area contributed by atoms with Crippen molar-refractivity contribution in [2.45, 2.75) is 87.9 Å². The van der Waals surface area contributed by atoms with Crippen LogP contribution in [0.1, 0.15) is 144 Å². The Morgan fingerprint density at radius 3 is 1.01 bits per heavy atom. The molecule has 19 aromatic rings. The zero-order chi connectivity index (χ0) is 76.0. The first-order chi connectivity index (χ1) is 55.6. The van der Waals surface area contributed by atoms with Crippen molar-refractivity contribution in [3.05, 3.63) is 411 Å². The molecule has 6 aliphatic carbocycles. The predicted molar refractivity (Wildman–Crippen MR) is 468 cm³/mol. The van der Waals surface area contributed by atoms with Crippen molar-refractivity contribution >= 4 is 82.9 Å². The molecule has 0 spiro atoms. The summed E-state index contributed by atoms with van der Waals surface area (Å²) < 4.78 is 21.4. The first kappa shape index (κ1) is 64.4. The standard InChI is InChI=1S/C110H77NO3/c1-105(2)79-44-26-21-39-70(79)97-101(105)99-93(95-75-42-24-29-47-88(75)113-103(95)97)72-53-50-66(57-82(72)107(99,5)6)111(67-51-54-73-83(58-67)108(7,8)100-94(73)96-76-43-25-30-48-89(76)114-104(96)98-71-40-22-27-45-80(71)106(3,4)102(98)100)68-49-52-69-77-60-86-78(61-85(77)110(84(69)59-68,64-35-17-11-18-36-64)65-37-19-12-20-38-65)91-81(55-56-90-92(91)74-41-23-28-46-87(74)112-90)109(86,62-31-13-9-14-32-62)63-33-15-10-16-34-63/h9-61H,1-8H3. The van der Waals surface area contributed by atoms with Gasteiger partial charge in [0.05, 0.1) is 10.8 Å². The summed E-state index contributed by atoms with van der Waals surface area (Å²) in [6, 6.07) is 122. The number of furan rings is 3. The van der Waals surface area contributed by atoms with Crippen LogP contribution in [0, 0.1) is 0 Å². The van der Waals surface area contributed by atoms with E-state index < -0.39 is 21.7 Å². The zero-order valence-electron chi connectivity index (χ0n) is 64.8. The number of rotatable bonds is 7. The Hall–Kier alpha value is -13.3. The largest absolute Gasteiger partial charge is 0.456 e. The Bertz CT molecular complexity index is 7190. The molecule has 0 radical (unpaired) electrons. The van der Waals surface area contributed by atoms with Crippen molar-refractivity contribution in [2.75, 3.05) is 4.90 Å². The third kappa shape index (κ3) is 7.71. The second-order valence-corrected chi connectivity index (χ2v) is 35.1. The minimum atomic E-state index is -0.836. The highest BCUT2D eigenvalue weighted by molar-refractivity contribution is 6.23. The van der Waals surface area contributed by atoms with Gasteiger partial charge in [-0.15, -0.1) is 0 Å². The van der Waals surface area contributed by atoms with E-state index in [-0.39, 0.29) is 10.8 Å². The molecule has 25 rings (SSSR count). The van der Waals surface area contributed by atoms with Crippen molar-refractivity contribution in [3.63, 3.8) is 0 Å². The van der Waals surface area contributed by atoms with Gasteiger partial charge in [-0.25, -0.2) is 0 Å². The minimum absolute atomic E-state index is 0.321. The topological polar surface area (TPSA) is 42.7 Å². The lowest BCUT2D eigenvalue weighted by molar-refractivity contribution is 0.600. The summed E-state index contributed by atoms with van der Waals surface area (Å²) in [6.45, 7) is 19.7. The normalized spacial score (nSPS) is 16.1. The van der Waals surface area contributed by atoms with Gasteiger partial charge in [0.25, 0.3) is 0 Å². The van der Waals surface area contributed by atoms with E-state index in [0.717, 1.165) is 72.1 Å². The molecule has 114 heavy (non-hydrogen) atoms. The van der Waals surface area contributed by atoms with Gasteiger partial charge < -0.3 is 18.2 Å². The Labute approximate surface area is 661 Å². The van der Waals surface area contributed by atoms with E-state index in [1.54, 1.807) is 0 Å². The molecular formula is C110H77NO3. The maximum atomic E-state index is 7.24. The van der Waals surface area contributed by atoms with Crippen LogP contribution in [0.4, 0.5) is 17.1 Å². The van der Waals surface area contributed by atoms with E-state index in [2.05, 4.69) is 382 Å². The summed E-state index contributed by atoms with van der Waals surface area (Å²) >= 11 is 0. The number of hydrogen-bond acceptors (Lipinski definition) is 4. The SMILES string of the molecule is CC1(C)c2ccccc2-c2c1c1c(c3c2oc2ccccc23)-c2ccc(N(c3ccc4c(c3)C(C)(C)c3c5c(c6oc7ccccc7c6c3-4)-c3ccccc3C5(C)C)c3ccc4c(c3)C(c3ccccc3)(c3ccccc3)c3cc5c(cc3-4)C(c3ccccc3)(c3ccccc3)c3ccc4oc6ccccc6c4c3-5)cc2C1(C)C. The second kappa shape index (κ2) is 21.9. The van der Waals surface area contributed by atoms with Crippen molar-refractivity contribution < 1.29 is 13.3 Å². The molecule has 4 nitrogen and oxygen atoms in total. The van der Waals surface area contributed by atoms with Crippen LogP contribution in [0.2, 0.25) is 0 Å². The predicted octanol–water partition coefficient (Wildman–Crippen LogP) is 28.8. The lowest BCUT2D eigenvalue weighted by atomic mass is 9.66. The smallest absolute Gasteiger partial charge is 0.144 e. The molecule has 0 bridgehead atoms. The Morgan fingerprint density at radius 1 is 0.211 bits per heavy atom. The highest BCUT2D eigenvalue weighted by Crippen LogP contribution is 2.69. The van der Waals surface area contributed by atoms with E-state index in [9.17, 15) is 0 Å². The molecule has 6 aliphatic rings. The number of para-hydroxylation sites is 3. The lowest BCUT2D eigenvalue weighted by Crippen LogP contribution is -2.30. The Kier molecular flexibility index (Phi) is 12.4. The maximum Gasteiger partial charge on any atom is 0.144 e. The summed E-state index contributed by atoms with van der Waals surface area (Å²) in [5.74, 6) is 0. The van der Waals surface area contributed by atoms with Gasteiger partial charge in [0.1, 0.15) is 33.5 Å². The molecule has 16 aromatic carbocycles. The third-order valence-corrected chi connectivity index (χ3v) is 28.3. The molecule has 0 saturated heterocycles. The molecule has 0 saturated carbocycles. The van der Waals surface area contributed by atoms with Gasteiger partial charge >= 0.3 is 0 Å². The van der Waals surface area contributed by atoms with Gasteiger partial charge in [0.15, 0.2) is 0 Å². The van der Waals surface area contributed by atoms with Crippen LogP contribution < -0.4 is 4.90 Å². The first-order valence-corrected chi connectivity index (χ1v) is 40.5. The number of hydrogen-bond donors (Lipinski definition) is 0. The summed E-state index contributed by atoms with van der Waals surface area (Å²) in [4.78, 5) is 2.62. The molecule has 540 valence electrons. The average Bonchev–Trinajstić information content (AvgIpc) is 1.51. The monoisotopic (exact) mass is 1460 g/mol. The van der Waals surface area contributed by atoms with Gasteiger partial charge in [-0.1, -0.05) is 304 Å². The average molecular weight is 1460 g/mol. The number of benzene rings is 16. The van der Waals surface area contributed by atoms with Crippen molar-refractivity contribution in [2.24, 2.45) is 0 Å². The molecular weight excluding hydrogens is 1380 g/mol. The lowest BCUT2D eigenvalue weighted by Gasteiger charge is -2.36. The number of anilines is 3. The Balaban J connectivity index is 0.775. The highest BCUT2D eigenvalue weighted by Gasteiger charge is 2.55. The fraction of sp³-hybridized carbons (Fsp3) is 0.127. The van der Waals surface area contributed by atoms with Gasteiger partial charge in [0.2, 0.25) is 0 Å². The zero-order valence-corrected chi connectivity index (χ0v) is 64.8. The van der Waals surface area contributed by atoms with Gasteiger partial charge in [-0.2, -0.15) is 0 Å². The molecule has 0 atom stereocenters. The van der Waals surface area contributed by atoms with Crippen LogP contribution in [0.25, 0.3) is 133 Å². The molecule has 4 heteroatoms. The first-order valence-electron chi connectivity index (χ1n) is 40.5. The van der Waals surface area contributed by atoms with E-state index in [4.69, 9.17) is 13.3 Å². The molecule has 0 aliphatic heterocycles. The minimum Gasteiger partial charge on any atom is -0.456 e. The fourth-order valence-corrected chi connectivity index (χ4v) is 23.7. The van der Waals surface area contributed by atoms with E-state index >= 15 is 0 Å². The van der Waals surface area contributed by atoms with E-state index in [0.29, 0.717) is 0 Å². The molecule has 0 amide bonds. The van der Waals surface area contributed by atoms with E-state index in [1.165, 1.54) is 167 Å². The molecule has 3 aromatic heterocycles. The molecule has 0 fully saturated rings.